The van der Waals surface area contributed by atoms with Crippen molar-refractivity contribution in [1.29, 1.82) is 0 Å². The molecule has 0 radical (unpaired) electrons. The largest absolute Gasteiger partial charge is 0.325 e. The Morgan fingerprint density at radius 1 is 1.45 bits per heavy atom. The number of hydrogen-bond donors (Lipinski definition) is 0. The van der Waals surface area contributed by atoms with Gasteiger partial charge in [0.25, 0.3) is 0 Å². The van der Waals surface area contributed by atoms with Crippen LogP contribution in [0.1, 0.15) is 25.0 Å². The Kier molecular flexibility index (Phi) is 4.89. The van der Waals surface area contributed by atoms with Gasteiger partial charge in [-0.15, -0.1) is 11.6 Å². The Morgan fingerprint density at radius 2 is 2.15 bits per heavy atom. The van der Waals surface area contributed by atoms with E-state index >= 15 is 0 Å². The van der Waals surface area contributed by atoms with Crippen LogP contribution in [0.5, 0.6) is 0 Å². The number of imidazole rings is 1. The molecule has 0 aliphatic carbocycles. The highest BCUT2D eigenvalue weighted by Crippen LogP contribution is 2.28. The minimum Gasteiger partial charge on any atom is -0.325 e. The molecule has 0 bridgehead atoms. The van der Waals surface area contributed by atoms with Crippen LogP contribution in [0.25, 0.3) is 11.0 Å². The van der Waals surface area contributed by atoms with Gasteiger partial charge in [0.2, 0.25) is 0 Å². The van der Waals surface area contributed by atoms with Crippen molar-refractivity contribution in [2.75, 3.05) is 20.1 Å². The number of halogens is 3. The Bertz CT molecular complexity index is 610. The second-order valence-electron chi connectivity index (χ2n) is 4.89. The molecule has 20 heavy (non-hydrogen) atoms. The molecule has 3 nitrogen and oxygen atoms in total. The lowest BCUT2D eigenvalue weighted by Crippen LogP contribution is -2.23. The van der Waals surface area contributed by atoms with Crippen molar-refractivity contribution in [3.63, 3.8) is 0 Å². The smallest absolute Gasteiger partial charge is 0.144 e. The van der Waals surface area contributed by atoms with Gasteiger partial charge in [0.1, 0.15) is 11.6 Å². The molecule has 1 heterocycles. The molecule has 0 saturated heterocycles. The van der Waals surface area contributed by atoms with Crippen molar-refractivity contribution in [2.45, 2.75) is 25.8 Å². The molecule has 0 spiro atoms. The zero-order valence-corrected chi connectivity index (χ0v) is 13.3. The van der Waals surface area contributed by atoms with Gasteiger partial charge >= 0.3 is 0 Å². The third kappa shape index (κ3) is 3.08. The van der Waals surface area contributed by atoms with Gasteiger partial charge < -0.3 is 9.47 Å². The second-order valence-corrected chi connectivity index (χ2v) is 5.95. The highest BCUT2D eigenvalue weighted by atomic mass is 35.5. The lowest BCUT2D eigenvalue weighted by molar-refractivity contribution is 0.335. The van der Waals surface area contributed by atoms with Crippen LogP contribution in [0.3, 0.4) is 0 Å². The monoisotopic (exact) mass is 317 g/mol. The van der Waals surface area contributed by atoms with E-state index in [0.29, 0.717) is 12.1 Å². The first-order chi connectivity index (χ1) is 9.43. The van der Waals surface area contributed by atoms with E-state index in [2.05, 4.69) is 16.8 Å². The summed E-state index contributed by atoms with van der Waals surface area (Å²) in [7, 11) is 2.04. The summed E-state index contributed by atoms with van der Waals surface area (Å²) in [6.45, 7) is 6.48. The Hall–Kier alpha value is -0.840. The maximum Gasteiger partial charge on any atom is 0.144 e. The van der Waals surface area contributed by atoms with Crippen LogP contribution in [-0.4, -0.2) is 34.6 Å². The third-order valence-corrected chi connectivity index (χ3v) is 3.91. The van der Waals surface area contributed by atoms with E-state index in [4.69, 9.17) is 23.2 Å². The van der Waals surface area contributed by atoms with Gasteiger partial charge in [0.05, 0.1) is 21.4 Å². The van der Waals surface area contributed by atoms with Gasteiger partial charge in [-0.25, -0.2) is 9.37 Å². The van der Waals surface area contributed by atoms with Crippen LogP contribution in [-0.2, 0) is 6.54 Å². The quantitative estimate of drug-likeness (QED) is 0.775. The molecule has 2 rings (SSSR count). The molecule has 0 aliphatic heterocycles. The second kappa shape index (κ2) is 6.29. The summed E-state index contributed by atoms with van der Waals surface area (Å²) >= 11 is 12.0. The number of nitrogens with zero attached hydrogens (tertiary/aromatic N) is 3. The van der Waals surface area contributed by atoms with Crippen molar-refractivity contribution in [2.24, 2.45) is 0 Å². The van der Waals surface area contributed by atoms with Gasteiger partial charge in [-0.2, -0.15) is 0 Å². The lowest BCUT2D eigenvalue weighted by atomic mass is 10.3. The SMILES string of the molecule is CCN(C)CCn1c(C(C)Cl)nc2cc(Cl)c(F)cc21. The van der Waals surface area contributed by atoms with Crippen molar-refractivity contribution in [3.05, 3.63) is 28.8 Å². The third-order valence-electron chi connectivity index (χ3n) is 3.42. The van der Waals surface area contributed by atoms with E-state index in [1.807, 2.05) is 18.5 Å². The van der Waals surface area contributed by atoms with Crippen molar-refractivity contribution in [3.8, 4) is 0 Å². The summed E-state index contributed by atoms with van der Waals surface area (Å²) in [6, 6.07) is 2.98. The summed E-state index contributed by atoms with van der Waals surface area (Å²) < 4.78 is 15.7. The molecule has 1 unspecified atom stereocenters. The average molecular weight is 318 g/mol. The summed E-state index contributed by atoms with van der Waals surface area (Å²) in [5.41, 5.74) is 1.41. The van der Waals surface area contributed by atoms with E-state index in [1.54, 1.807) is 6.07 Å². The first-order valence-electron chi connectivity index (χ1n) is 6.61. The molecular formula is C14H18Cl2FN3. The fourth-order valence-electron chi connectivity index (χ4n) is 2.11. The fraction of sp³-hybridized carbons (Fsp3) is 0.500. The van der Waals surface area contributed by atoms with Crippen LogP contribution in [0.4, 0.5) is 4.39 Å². The minimum atomic E-state index is -0.432. The number of likely N-dealkylation sites (N-methyl/N-ethyl adjacent to an activating group) is 1. The number of fused-ring (bicyclic) bond motifs is 1. The van der Waals surface area contributed by atoms with Gasteiger partial charge in [0.15, 0.2) is 0 Å². The van der Waals surface area contributed by atoms with Crippen molar-refractivity contribution >= 4 is 34.2 Å². The number of rotatable bonds is 5. The van der Waals surface area contributed by atoms with Crippen LogP contribution >= 0.6 is 23.2 Å². The standard InChI is InChI=1S/C14H18Cl2FN3/c1-4-19(3)5-6-20-13-8-11(17)10(16)7-12(13)18-14(20)9(2)15/h7-9H,4-6H2,1-3H3. The van der Waals surface area contributed by atoms with Gasteiger partial charge in [-0.05, 0) is 26.6 Å². The molecule has 0 fully saturated rings. The predicted octanol–water partition coefficient (Wildman–Crippen LogP) is 4.08. The van der Waals surface area contributed by atoms with E-state index < -0.39 is 5.82 Å². The van der Waals surface area contributed by atoms with E-state index in [9.17, 15) is 4.39 Å². The maximum atomic E-state index is 13.7. The van der Waals surface area contributed by atoms with Crippen LogP contribution in [0, 0.1) is 5.82 Å². The molecule has 0 aliphatic rings. The van der Waals surface area contributed by atoms with Crippen LogP contribution in [0.2, 0.25) is 5.02 Å². The summed E-state index contributed by atoms with van der Waals surface area (Å²) in [6.07, 6.45) is 0. The zero-order chi connectivity index (χ0) is 14.9. The number of aromatic nitrogens is 2. The molecule has 2 aromatic rings. The number of alkyl halides is 1. The zero-order valence-electron chi connectivity index (χ0n) is 11.8. The first kappa shape index (κ1) is 15.5. The van der Waals surface area contributed by atoms with Gasteiger partial charge in [-0.3, -0.25) is 0 Å². The molecule has 6 heteroatoms. The molecule has 0 saturated carbocycles. The minimum absolute atomic E-state index is 0.0848. The Balaban J connectivity index is 2.47. The molecule has 0 amide bonds. The summed E-state index contributed by atoms with van der Waals surface area (Å²) in [5.74, 6) is 0.311. The van der Waals surface area contributed by atoms with E-state index in [0.717, 1.165) is 24.4 Å². The van der Waals surface area contributed by atoms with Crippen LogP contribution < -0.4 is 0 Å². The van der Waals surface area contributed by atoms with E-state index in [-0.39, 0.29) is 10.4 Å². The molecular weight excluding hydrogens is 300 g/mol. The Morgan fingerprint density at radius 3 is 2.75 bits per heavy atom. The molecule has 1 aromatic carbocycles. The molecule has 1 atom stereocenters. The van der Waals surface area contributed by atoms with Crippen molar-refractivity contribution < 1.29 is 4.39 Å². The van der Waals surface area contributed by atoms with Crippen molar-refractivity contribution in [1.82, 2.24) is 14.5 Å². The maximum absolute atomic E-state index is 13.7. The van der Waals surface area contributed by atoms with Gasteiger partial charge in [0, 0.05) is 19.2 Å². The summed E-state index contributed by atoms with van der Waals surface area (Å²) in [4.78, 5) is 6.66. The topological polar surface area (TPSA) is 21.1 Å². The fourth-order valence-corrected chi connectivity index (χ4v) is 2.43. The highest BCUT2D eigenvalue weighted by Gasteiger charge is 2.17. The predicted molar refractivity (Wildman–Crippen MR) is 82.1 cm³/mol. The molecule has 1 aromatic heterocycles. The summed E-state index contributed by atoms with van der Waals surface area (Å²) in [5, 5.41) is -0.155. The average Bonchev–Trinajstić information content (AvgIpc) is 2.74. The lowest BCUT2D eigenvalue weighted by Gasteiger charge is -2.16. The van der Waals surface area contributed by atoms with E-state index in [1.165, 1.54) is 6.07 Å². The molecule has 0 N–H and O–H groups in total. The Labute approximate surface area is 128 Å². The normalized spacial score (nSPS) is 13.3. The first-order valence-corrected chi connectivity index (χ1v) is 7.43. The van der Waals surface area contributed by atoms with Crippen LogP contribution in [0.15, 0.2) is 12.1 Å². The molecule has 110 valence electrons. The highest BCUT2D eigenvalue weighted by molar-refractivity contribution is 6.31. The number of benzene rings is 1. The number of hydrogen-bond acceptors (Lipinski definition) is 2. The van der Waals surface area contributed by atoms with Gasteiger partial charge in [-0.1, -0.05) is 18.5 Å².